The number of hydrogen-bond acceptors (Lipinski definition) is 2. The Morgan fingerprint density at radius 3 is 2.57 bits per heavy atom. The smallest absolute Gasteiger partial charge is 0.149 e. The van der Waals surface area contributed by atoms with Gasteiger partial charge in [0, 0.05) is 18.9 Å². The molecule has 0 bridgehead atoms. The Balaban J connectivity index is 2.92. The number of rotatable bonds is 1. The summed E-state index contributed by atoms with van der Waals surface area (Å²) in [5.41, 5.74) is 0.587. The Bertz CT molecular complexity index is 483. The number of halogens is 2. The summed E-state index contributed by atoms with van der Waals surface area (Å²) in [7, 11) is 1.65. The van der Waals surface area contributed by atoms with Gasteiger partial charge in [0.05, 0.1) is 5.39 Å². The van der Waals surface area contributed by atoms with E-state index in [0.29, 0.717) is 5.69 Å². The molecule has 72 valence electrons. The van der Waals surface area contributed by atoms with E-state index in [4.69, 9.17) is 0 Å². The Labute approximate surface area is 79.6 Å². The summed E-state index contributed by atoms with van der Waals surface area (Å²) >= 11 is 0. The summed E-state index contributed by atoms with van der Waals surface area (Å²) in [5, 5.41) is 2.98. The highest BCUT2D eigenvalue weighted by Crippen LogP contribution is 2.25. The molecule has 1 aromatic heterocycles. The van der Waals surface area contributed by atoms with E-state index in [1.165, 1.54) is 6.20 Å². The molecule has 0 unspecified atom stereocenters. The van der Waals surface area contributed by atoms with Crippen molar-refractivity contribution in [3.63, 3.8) is 0 Å². The number of aromatic nitrogens is 1. The first-order valence-corrected chi connectivity index (χ1v) is 4.14. The van der Waals surface area contributed by atoms with Crippen molar-refractivity contribution in [2.75, 3.05) is 12.4 Å². The lowest BCUT2D eigenvalue weighted by atomic mass is 10.1. The molecule has 0 aliphatic carbocycles. The SMILES string of the molecule is CNc1ccnc2c(F)ccc(F)c12. The molecular formula is C10H8F2N2. The molecule has 0 fully saturated rings. The molecule has 1 aromatic carbocycles. The van der Waals surface area contributed by atoms with Crippen LogP contribution in [0, 0.1) is 11.6 Å². The molecule has 1 N–H and O–H groups in total. The first-order chi connectivity index (χ1) is 6.74. The maximum absolute atomic E-state index is 13.4. The second-order valence-electron chi connectivity index (χ2n) is 2.86. The largest absolute Gasteiger partial charge is 0.387 e. The van der Waals surface area contributed by atoms with Crippen molar-refractivity contribution in [1.29, 1.82) is 0 Å². The summed E-state index contributed by atoms with van der Waals surface area (Å²) in [4.78, 5) is 3.80. The van der Waals surface area contributed by atoms with Crippen LogP contribution in [-0.2, 0) is 0 Å². The predicted molar refractivity (Wildman–Crippen MR) is 51.2 cm³/mol. The molecule has 0 saturated heterocycles. The molecule has 14 heavy (non-hydrogen) atoms. The molecule has 2 rings (SSSR count). The van der Waals surface area contributed by atoms with E-state index in [2.05, 4.69) is 10.3 Å². The quantitative estimate of drug-likeness (QED) is 0.754. The average Bonchev–Trinajstić information content (AvgIpc) is 2.23. The molecule has 2 nitrogen and oxygen atoms in total. The molecule has 0 aliphatic heterocycles. The molecule has 2 aromatic rings. The van der Waals surface area contributed by atoms with E-state index in [-0.39, 0.29) is 10.9 Å². The Kier molecular flexibility index (Phi) is 2.04. The van der Waals surface area contributed by atoms with Crippen molar-refractivity contribution in [2.24, 2.45) is 0 Å². The van der Waals surface area contributed by atoms with E-state index in [1.807, 2.05) is 0 Å². The van der Waals surface area contributed by atoms with Crippen LogP contribution in [0.5, 0.6) is 0 Å². The van der Waals surface area contributed by atoms with Crippen LogP contribution in [0.1, 0.15) is 0 Å². The van der Waals surface area contributed by atoms with E-state index in [9.17, 15) is 8.78 Å². The minimum Gasteiger partial charge on any atom is -0.387 e. The van der Waals surface area contributed by atoms with Crippen LogP contribution in [-0.4, -0.2) is 12.0 Å². The van der Waals surface area contributed by atoms with Gasteiger partial charge in [0.25, 0.3) is 0 Å². The molecule has 0 saturated carbocycles. The van der Waals surface area contributed by atoms with Crippen molar-refractivity contribution in [2.45, 2.75) is 0 Å². The first-order valence-electron chi connectivity index (χ1n) is 4.14. The molecule has 0 amide bonds. The minimum absolute atomic E-state index is 0.0526. The monoisotopic (exact) mass is 194 g/mol. The van der Waals surface area contributed by atoms with E-state index in [1.54, 1.807) is 13.1 Å². The van der Waals surface area contributed by atoms with Gasteiger partial charge in [0.15, 0.2) is 0 Å². The lowest BCUT2D eigenvalue weighted by molar-refractivity contribution is 0.615. The van der Waals surface area contributed by atoms with Gasteiger partial charge in [-0.05, 0) is 18.2 Å². The summed E-state index contributed by atoms with van der Waals surface area (Å²) < 4.78 is 26.6. The van der Waals surface area contributed by atoms with Crippen molar-refractivity contribution in [3.05, 3.63) is 36.0 Å². The summed E-state index contributed by atoms with van der Waals surface area (Å²) in [6.45, 7) is 0. The normalized spacial score (nSPS) is 10.5. The second kappa shape index (κ2) is 3.21. The van der Waals surface area contributed by atoms with Gasteiger partial charge in [-0.2, -0.15) is 0 Å². The predicted octanol–water partition coefficient (Wildman–Crippen LogP) is 2.55. The molecule has 0 spiro atoms. The molecule has 1 heterocycles. The lowest BCUT2D eigenvalue weighted by Gasteiger charge is -2.06. The van der Waals surface area contributed by atoms with Crippen molar-refractivity contribution in [1.82, 2.24) is 4.98 Å². The van der Waals surface area contributed by atoms with Gasteiger partial charge in [-0.25, -0.2) is 8.78 Å². The van der Waals surface area contributed by atoms with Gasteiger partial charge >= 0.3 is 0 Å². The highest BCUT2D eigenvalue weighted by atomic mass is 19.1. The van der Waals surface area contributed by atoms with Crippen LogP contribution < -0.4 is 5.32 Å². The maximum Gasteiger partial charge on any atom is 0.149 e. The number of pyridine rings is 1. The average molecular weight is 194 g/mol. The van der Waals surface area contributed by atoms with Crippen LogP contribution in [0.15, 0.2) is 24.4 Å². The van der Waals surface area contributed by atoms with Gasteiger partial charge in [-0.3, -0.25) is 4.98 Å². The topological polar surface area (TPSA) is 24.9 Å². The Morgan fingerprint density at radius 1 is 1.14 bits per heavy atom. The molecule has 0 aliphatic rings. The zero-order valence-electron chi connectivity index (χ0n) is 7.51. The number of nitrogens with zero attached hydrogens (tertiary/aromatic N) is 1. The summed E-state index contributed by atoms with van der Waals surface area (Å²) in [6, 6.07) is 3.77. The Morgan fingerprint density at radius 2 is 1.86 bits per heavy atom. The zero-order valence-corrected chi connectivity index (χ0v) is 7.51. The van der Waals surface area contributed by atoms with E-state index in [0.717, 1.165) is 12.1 Å². The fourth-order valence-corrected chi connectivity index (χ4v) is 1.40. The van der Waals surface area contributed by atoms with Gasteiger partial charge < -0.3 is 5.32 Å². The summed E-state index contributed by atoms with van der Waals surface area (Å²) in [5.74, 6) is -0.989. The molecular weight excluding hydrogens is 186 g/mol. The number of nitrogens with one attached hydrogen (secondary N) is 1. The third kappa shape index (κ3) is 1.19. The minimum atomic E-state index is -0.515. The van der Waals surface area contributed by atoms with Crippen LogP contribution in [0.4, 0.5) is 14.5 Å². The van der Waals surface area contributed by atoms with Gasteiger partial charge in [0.1, 0.15) is 17.2 Å². The lowest BCUT2D eigenvalue weighted by Crippen LogP contribution is -1.95. The zero-order chi connectivity index (χ0) is 10.1. The summed E-state index contributed by atoms with van der Waals surface area (Å²) in [6.07, 6.45) is 1.44. The van der Waals surface area contributed by atoms with Crippen LogP contribution in [0.2, 0.25) is 0 Å². The standard InChI is InChI=1S/C10H8F2N2/c1-13-8-4-5-14-10-7(12)3-2-6(11)9(8)10/h2-5H,1H3,(H,13,14). The van der Waals surface area contributed by atoms with Gasteiger partial charge in [-0.1, -0.05) is 0 Å². The number of benzene rings is 1. The van der Waals surface area contributed by atoms with Crippen molar-refractivity contribution >= 4 is 16.6 Å². The third-order valence-electron chi connectivity index (χ3n) is 2.06. The second-order valence-corrected chi connectivity index (χ2v) is 2.86. The number of hydrogen-bond donors (Lipinski definition) is 1. The number of anilines is 1. The fourth-order valence-electron chi connectivity index (χ4n) is 1.40. The third-order valence-corrected chi connectivity index (χ3v) is 2.06. The molecule has 0 radical (unpaired) electrons. The van der Waals surface area contributed by atoms with E-state index < -0.39 is 11.6 Å². The highest BCUT2D eigenvalue weighted by Gasteiger charge is 2.09. The fraction of sp³-hybridized carbons (Fsp3) is 0.100. The van der Waals surface area contributed by atoms with Gasteiger partial charge in [-0.15, -0.1) is 0 Å². The van der Waals surface area contributed by atoms with Crippen molar-refractivity contribution < 1.29 is 8.78 Å². The van der Waals surface area contributed by atoms with Crippen LogP contribution in [0.25, 0.3) is 10.9 Å². The van der Waals surface area contributed by atoms with Crippen molar-refractivity contribution in [3.8, 4) is 0 Å². The molecule has 4 heteroatoms. The first kappa shape index (κ1) is 8.87. The van der Waals surface area contributed by atoms with Crippen LogP contribution >= 0.6 is 0 Å². The highest BCUT2D eigenvalue weighted by molar-refractivity contribution is 5.91. The maximum atomic E-state index is 13.4. The van der Waals surface area contributed by atoms with E-state index >= 15 is 0 Å². The Hall–Kier alpha value is -1.71. The van der Waals surface area contributed by atoms with Crippen LogP contribution in [0.3, 0.4) is 0 Å². The van der Waals surface area contributed by atoms with Gasteiger partial charge in [0.2, 0.25) is 0 Å². The number of fused-ring (bicyclic) bond motifs is 1. The molecule has 0 atom stereocenters.